The van der Waals surface area contributed by atoms with Gasteiger partial charge in [-0.25, -0.2) is 0 Å². The Morgan fingerprint density at radius 3 is 2.45 bits per heavy atom. The topological polar surface area (TPSA) is 62.5 Å². The Hall–Kier alpha value is -2.07. The van der Waals surface area contributed by atoms with Crippen LogP contribution in [0.25, 0.3) is 0 Å². The van der Waals surface area contributed by atoms with E-state index >= 15 is 0 Å². The maximum atomic E-state index is 12.3. The largest absolute Gasteiger partial charge is 0.466 e. The number of furan rings is 1. The molecule has 1 aromatic carbocycles. The zero-order valence-electron chi connectivity index (χ0n) is 11.9. The first-order chi connectivity index (χ1) is 9.46. The van der Waals surface area contributed by atoms with Crippen LogP contribution in [-0.2, 0) is 5.54 Å². The van der Waals surface area contributed by atoms with Crippen molar-refractivity contribution in [1.29, 1.82) is 0 Å². The van der Waals surface area contributed by atoms with Gasteiger partial charge < -0.3 is 14.8 Å². The highest BCUT2D eigenvalue weighted by Gasteiger charge is 2.29. The maximum absolute atomic E-state index is 12.3. The van der Waals surface area contributed by atoms with E-state index in [2.05, 4.69) is 5.32 Å². The summed E-state index contributed by atoms with van der Waals surface area (Å²) in [5, 5.41) is 12.6. The Morgan fingerprint density at radius 2 is 1.95 bits per heavy atom. The standard InChI is InChI=1S/C16H19NO3/c1-11-9-14(12(2)20-11)15(19)17-16(3,10-18)13-7-5-4-6-8-13/h4-9,18H,10H2,1-3H3,(H,17,19). The van der Waals surface area contributed by atoms with Crippen molar-refractivity contribution >= 4 is 5.91 Å². The second kappa shape index (κ2) is 5.51. The van der Waals surface area contributed by atoms with Crippen LogP contribution in [0.4, 0.5) is 0 Å². The van der Waals surface area contributed by atoms with E-state index in [-0.39, 0.29) is 12.5 Å². The predicted molar refractivity (Wildman–Crippen MR) is 76.5 cm³/mol. The molecular weight excluding hydrogens is 254 g/mol. The highest BCUT2D eigenvalue weighted by Crippen LogP contribution is 2.22. The molecule has 0 aliphatic rings. The van der Waals surface area contributed by atoms with Crippen molar-refractivity contribution in [3.05, 3.63) is 59.0 Å². The Morgan fingerprint density at radius 1 is 1.30 bits per heavy atom. The van der Waals surface area contributed by atoms with Gasteiger partial charge in [0.2, 0.25) is 0 Å². The van der Waals surface area contributed by atoms with Crippen LogP contribution in [0.2, 0.25) is 0 Å². The molecule has 2 aromatic rings. The Labute approximate surface area is 118 Å². The third-order valence-corrected chi connectivity index (χ3v) is 3.40. The van der Waals surface area contributed by atoms with Crippen molar-refractivity contribution in [2.24, 2.45) is 0 Å². The first kappa shape index (κ1) is 14.3. The lowest BCUT2D eigenvalue weighted by Gasteiger charge is -2.29. The van der Waals surface area contributed by atoms with Crippen molar-refractivity contribution in [1.82, 2.24) is 5.32 Å². The number of aliphatic hydroxyl groups is 1. The fourth-order valence-electron chi connectivity index (χ4n) is 2.18. The SMILES string of the molecule is Cc1cc(C(=O)NC(C)(CO)c2ccccc2)c(C)o1. The van der Waals surface area contributed by atoms with Crippen LogP contribution in [0.15, 0.2) is 40.8 Å². The molecule has 0 bridgehead atoms. The van der Waals surface area contributed by atoms with Crippen LogP contribution in [0.3, 0.4) is 0 Å². The van der Waals surface area contributed by atoms with Gasteiger partial charge in [-0.3, -0.25) is 4.79 Å². The number of benzene rings is 1. The number of carbonyl (C=O) groups excluding carboxylic acids is 1. The molecule has 1 atom stereocenters. The summed E-state index contributed by atoms with van der Waals surface area (Å²) >= 11 is 0. The van der Waals surface area contributed by atoms with Crippen LogP contribution in [0, 0.1) is 13.8 Å². The van der Waals surface area contributed by atoms with E-state index in [9.17, 15) is 9.90 Å². The average Bonchev–Trinajstić information content (AvgIpc) is 2.78. The van der Waals surface area contributed by atoms with E-state index < -0.39 is 5.54 Å². The molecule has 0 radical (unpaired) electrons. The van der Waals surface area contributed by atoms with E-state index in [0.29, 0.717) is 17.1 Å². The predicted octanol–water partition coefficient (Wildman–Crippen LogP) is 2.53. The van der Waals surface area contributed by atoms with Crippen LogP contribution in [0.5, 0.6) is 0 Å². The summed E-state index contributed by atoms with van der Waals surface area (Å²) in [5.74, 6) is 1.02. The lowest BCUT2D eigenvalue weighted by atomic mass is 9.92. The molecule has 0 fully saturated rings. The van der Waals surface area contributed by atoms with Gasteiger partial charge in [0, 0.05) is 0 Å². The number of hydrogen-bond donors (Lipinski definition) is 2. The second-order valence-corrected chi connectivity index (χ2v) is 5.14. The molecule has 0 saturated carbocycles. The Kier molecular flexibility index (Phi) is 3.95. The molecular formula is C16H19NO3. The molecule has 0 spiro atoms. The van der Waals surface area contributed by atoms with Crippen molar-refractivity contribution < 1.29 is 14.3 Å². The molecule has 1 amide bonds. The molecule has 0 aliphatic carbocycles. The summed E-state index contributed by atoms with van der Waals surface area (Å²) in [6.07, 6.45) is 0. The van der Waals surface area contributed by atoms with E-state index in [1.54, 1.807) is 26.8 Å². The average molecular weight is 273 g/mol. The summed E-state index contributed by atoms with van der Waals surface area (Å²) in [7, 11) is 0. The van der Waals surface area contributed by atoms with E-state index in [0.717, 1.165) is 5.56 Å². The summed E-state index contributed by atoms with van der Waals surface area (Å²) in [6.45, 7) is 5.16. The fourth-order valence-corrected chi connectivity index (χ4v) is 2.18. The zero-order valence-corrected chi connectivity index (χ0v) is 11.9. The lowest BCUT2D eigenvalue weighted by Crippen LogP contribution is -2.46. The Bertz CT molecular complexity index is 603. The number of nitrogens with one attached hydrogen (secondary N) is 1. The summed E-state index contributed by atoms with van der Waals surface area (Å²) in [6, 6.07) is 11.1. The first-order valence-corrected chi connectivity index (χ1v) is 6.52. The van der Waals surface area contributed by atoms with Crippen molar-refractivity contribution in [3.63, 3.8) is 0 Å². The molecule has 106 valence electrons. The quantitative estimate of drug-likeness (QED) is 0.899. The van der Waals surface area contributed by atoms with Crippen molar-refractivity contribution in [2.45, 2.75) is 26.3 Å². The molecule has 2 N–H and O–H groups in total. The number of carbonyl (C=O) groups is 1. The number of aliphatic hydroxyl groups excluding tert-OH is 1. The van der Waals surface area contributed by atoms with Gasteiger partial charge in [-0.05, 0) is 32.4 Å². The maximum Gasteiger partial charge on any atom is 0.255 e. The monoisotopic (exact) mass is 273 g/mol. The van der Waals surface area contributed by atoms with Crippen molar-refractivity contribution in [2.75, 3.05) is 6.61 Å². The lowest BCUT2D eigenvalue weighted by molar-refractivity contribution is 0.0848. The molecule has 4 nitrogen and oxygen atoms in total. The molecule has 0 aliphatic heterocycles. The molecule has 1 aromatic heterocycles. The number of aryl methyl sites for hydroxylation is 2. The first-order valence-electron chi connectivity index (χ1n) is 6.52. The minimum atomic E-state index is -0.823. The van der Waals surface area contributed by atoms with Crippen LogP contribution in [-0.4, -0.2) is 17.6 Å². The number of amides is 1. The van der Waals surface area contributed by atoms with Crippen LogP contribution in [0.1, 0.15) is 34.4 Å². The third kappa shape index (κ3) is 2.75. The van der Waals surface area contributed by atoms with E-state index in [1.807, 2.05) is 30.3 Å². The van der Waals surface area contributed by atoms with Gasteiger partial charge in [0.15, 0.2) is 0 Å². The van der Waals surface area contributed by atoms with Gasteiger partial charge in [0.1, 0.15) is 11.5 Å². The van der Waals surface area contributed by atoms with Gasteiger partial charge in [0.05, 0.1) is 17.7 Å². The van der Waals surface area contributed by atoms with Gasteiger partial charge in [-0.15, -0.1) is 0 Å². The number of rotatable bonds is 4. The van der Waals surface area contributed by atoms with Gasteiger partial charge >= 0.3 is 0 Å². The smallest absolute Gasteiger partial charge is 0.255 e. The molecule has 4 heteroatoms. The second-order valence-electron chi connectivity index (χ2n) is 5.14. The molecule has 0 saturated heterocycles. The highest BCUT2D eigenvalue weighted by molar-refractivity contribution is 5.95. The van der Waals surface area contributed by atoms with Crippen LogP contribution >= 0.6 is 0 Å². The van der Waals surface area contributed by atoms with Gasteiger partial charge in [-0.2, -0.15) is 0 Å². The summed E-state index contributed by atoms with van der Waals surface area (Å²) in [4.78, 5) is 12.3. The minimum Gasteiger partial charge on any atom is -0.466 e. The zero-order chi connectivity index (χ0) is 14.8. The molecule has 1 unspecified atom stereocenters. The van der Waals surface area contributed by atoms with Gasteiger partial charge in [0.25, 0.3) is 5.91 Å². The third-order valence-electron chi connectivity index (χ3n) is 3.40. The molecule has 20 heavy (non-hydrogen) atoms. The summed E-state index contributed by atoms with van der Waals surface area (Å²) < 4.78 is 5.37. The fraction of sp³-hybridized carbons (Fsp3) is 0.312. The Balaban J connectivity index is 2.26. The van der Waals surface area contributed by atoms with Crippen molar-refractivity contribution in [3.8, 4) is 0 Å². The minimum absolute atomic E-state index is 0.182. The normalized spacial score (nSPS) is 13.8. The van der Waals surface area contributed by atoms with Crippen LogP contribution < -0.4 is 5.32 Å². The number of hydrogen-bond acceptors (Lipinski definition) is 3. The van der Waals surface area contributed by atoms with E-state index in [1.165, 1.54) is 0 Å². The molecule has 1 heterocycles. The highest BCUT2D eigenvalue weighted by atomic mass is 16.3. The van der Waals surface area contributed by atoms with E-state index in [4.69, 9.17) is 4.42 Å². The molecule has 2 rings (SSSR count). The van der Waals surface area contributed by atoms with Gasteiger partial charge in [-0.1, -0.05) is 30.3 Å². The summed E-state index contributed by atoms with van der Waals surface area (Å²) in [5.41, 5.74) is 0.530.